The molecular weight excluding hydrogens is 398 g/mol. The molecule has 0 radical (unpaired) electrons. The van der Waals surface area contributed by atoms with E-state index in [1.54, 1.807) is 16.7 Å². The summed E-state index contributed by atoms with van der Waals surface area (Å²) in [7, 11) is 0. The minimum absolute atomic E-state index is 0.187. The molecule has 0 spiro atoms. The van der Waals surface area contributed by atoms with Crippen LogP contribution in [0.5, 0.6) is 17.5 Å². The Morgan fingerprint density at radius 1 is 1.06 bits per heavy atom. The summed E-state index contributed by atoms with van der Waals surface area (Å²) in [4.78, 5) is 0. The number of hydrogen-bond donors (Lipinski definition) is 3. The number of rotatable bonds is 6. The normalized spacial score (nSPS) is 23.2. The molecule has 5 rings (SSSR count). The molecule has 3 aliphatic rings. The van der Waals surface area contributed by atoms with Crippen molar-refractivity contribution < 1.29 is 15.3 Å². The lowest BCUT2D eigenvalue weighted by Gasteiger charge is -2.24. The summed E-state index contributed by atoms with van der Waals surface area (Å²) in [6.07, 6.45) is 15.8. The lowest BCUT2D eigenvalue weighted by atomic mass is 9.91. The first kappa shape index (κ1) is 20.5. The second-order valence-electron chi connectivity index (χ2n) is 9.11. The van der Waals surface area contributed by atoms with E-state index >= 15 is 0 Å². The second-order valence-corrected chi connectivity index (χ2v) is 9.11. The number of hydrogen-bond acceptors (Lipinski definition) is 3. The molecule has 4 nitrogen and oxygen atoms in total. The Hall–Kier alpha value is -3.40. The summed E-state index contributed by atoms with van der Waals surface area (Å²) in [6.45, 7) is 6.06. The number of benzene rings is 1. The lowest BCUT2D eigenvalue weighted by Crippen LogP contribution is -2.12. The zero-order chi connectivity index (χ0) is 22.4. The minimum atomic E-state index is -0.187. The van der Waals surface area contributed by atoms with Crippen molar-refractivity contribution in [2.24, 2.45) is 0 Å². The van der Waals surface area contributed by atoms with E-state index in [1.807, 2.05) is 18.2 Å². The number of nitrogens with zero attached hydrogens (tertiary/aromatic N) is 1. The van der Waals surface area contributed by atoms with E-state index in [2.05, 4.69) is 43.9 Å². The van der Waals surface area contributed by atoms with Crippen LogP contribution in [0, 0.1) is 0 Å². The van der Waals surface area contributed by atoms with Crippen molar-refractivity contribution in [1.82, 2.24) is 4.57 Å². The van der Waals surface area contributed by atoms with Gasteiger partial charge in [0, 0.05) is 23.0 Å². The Labute approximate surface area is 188 Å². The van der Waals surface area contributed by atoms with Crippen molar-refractivity contribution in [2.75, 3.05) is 0 Å². The van der Waals surface area contributed by atoms with Crippen LogP contribution in [0.4, 0.5) is 0 Å². The van der Waals surface area contributed by atoms with E-state index in [1.165, 1.54) is 16.7 Å². The summed E-state index contributed by atoms with van der Waals surface area (Å²) in [5.74, 6) is 1.09. The molecule has 0 saturated carbocycles. The molecule has 0 saturated heterocycles. The first-order valence-electron chi connectivity index (χ1n) is 11.3. The maximum atomic E-state index is 11.1. The van der Waals surface area contributed by atoms with Gasteiger partial charge in [0.15, 0.2) is 11.8 Å². The van der Waals surface area contributed by atoms with Crippen molar-refractivity contribution in [3.63, 3.8) is 0 Å². The van der Waals surface area contributed by atoms with Gasteiger partial charge in [-0.25, -0.2) is 0 Å². The zero-order valence-electron chi connectivity index (χ0n) is 18.3. The standard InChI is InChI=1S/C28H29NO3/c1-3-4-24(29-27(31)25-21-11-12-22(16-21)26(25)28(29)32)20-9-7-19(8-10-20)17(2)15-18-5-13-23(30)14-6-18/h3,5-7,9-14,21-22,24,30-32H,1,4,8,15-16H2,2H3. The van der Waals surface area contributed by atoms with Crippen LogP contribution < -0.4 is 0 Å². The van der Waals surface area contributed by atoms with Gasteiger partial charge < -0.3 is 15.3 Å². The Morgan fingerprint density at radius 3 is 2.28 bits per heavy atom. The third-order valence-corrected chi connectivity index (χ3v) is 7.13. The van der Waals surface area contributed by atoms with Gasteiger partial charge in [-0.1, -0.05) is 54.2 Å². The van der Waals surface area contributed by atoms with Crippen LogP contribution in [-0.4, -0.2) is 19.9 Å². The maximum Gasteiger partial charge on any atom is 0.198 e. The van der Waals surface area contributed by atoms with Crippen LogP contribution in [-0.2, 0) is 6.42 Å². The van der Waals surface area contributed by atoms with Gasteiger partial charge in [-0.3, -0.25) is 4.57 Å². The molecule has 1 heterocycles. The van der Waals surface area contributed by atoms with Crippen molar-refractivity contribution in [3.05, 3.63) is 101 Å². The molecule has 1 aromatic heterocycles. The van der Waals surface area contributed by atoms with Gasteiger partial charge in [0.2, 0.25) is 0 Å². The van der Waals surface area contributed by atoms with Gasteiger partial charge in [-0.2, -0.15) is 0 Å². The lowest BCUT2D eigenvalue weighted by molar-refractivity contribution is 0.344. The zero-order valence-corrected chi connectivity index (χ0v) is 18.3. The van der Waals surface area contributed by atoms with Crippen LogP contribution in [0.3, 0.4) is 0 Å². The molecule has 2 bridgehead atoms. The average Bonchev–Trinajstić information content (AvgIpc) is 3.48. The number of fused-ring (bicyclic) bond motifs is 5. The van der Waals surface area contributed by atoms with Crippen LogP contribution in [0.2, 0.25) is 0 Å². The highest BCUT2D eigenvalue weighted by Gasteiger charge is 2.42. The van der Waals surface area contributed by atoms with Gasteiger partial charge in [-0.05, 0) is 61.4 Å². The van der Waals surface area contributed by atoms with Gasteiger partial charge in [0.1, 0.15) is 5.75 Å². The van der Waals surface area contributed by atoms with Gasteiger partial charge in [-0.15, -0.1) is 6.58 Å². The molecule has 3 aliphatic carbocycles. The fourth-order valence-corrected chi connectivity index (χ4v) is 5.46. The van der Waals surface area contributed by atoms with Crippen LogP contribution >= 0.6 is 0 Å². The van der Waals surface area contributed by atoms with Gasteiger partial charge in [0.25, 0.3) is 0 Å². The number of aromatic hydroxyl groups is 3. The molecular formula is C28H29NO3. The number of allylic oxidation sites excluding steroid dienone is 9. The Bertz CT molecular complexity index is 1150. The van der Waals surface area contributed by atoms with E-state index in [4.69, 9.17) is 0 Å². The first-order valence-corrected chi connectivity index (χ1v) is 11.3. The summed E-state index contributed by atoms with van der Waals surface area (Å²) in [5.41, 5.74) is 6.59. The molecule has 0 aliphatic heterocycles. The molecule has 3 N–H and O–H groups in total. The number of phenolic OH excluding ortho intramolecular Hbond substituents is 1. The highest BCUT2D eigenvalue weighted by molar-refractivity contribution is 5.59. The highest BCUT2D eigenvalue weighted by Crippen LogP contribution is 2.57. The van der Waals surface area contributed by atoms with E-state index < -0.39 is 0 Å². The molecule has 32 heavy (non-hydrogen) atoms. The van der Waals surface area contributed by atoms with Crippen LogP contribution in [0.15, 0.2) is 84.0 Å². The molecule has 3 atom stereocenters. The fraction of sp³-hybridized carbons (Fsp3) is 0.286. The summed E-state index contributed by atoms with van der Waals surface area (Å²) in [5, 5.41) is 31.6. The third-order valence-electron chi connectivity index (χ3n) is 7.13. The van der Waals surface area contributed by atoms with E-state index in [0.717, 1.165) is 36.0 Å². The van der Waals surface area contributed by atoms with Crippen LogP contribution in [0.25, 0.3) is 0 Å². The molecule has 3 unspecified atom stereocenters. The SMILES string of the molecule is C=CCC(C1=CCC(=C(C)Cc2ccc(O)cc2)C=C1)n1c(O)c2c(c1O)C1C=CC2C1. The van der Waals surface area contributed by atoms with Crippen molar-refractivity contribution in [1.29, 1.82) is 0 Å². The number of phenols is 1. The minimum Gasteiger partial charge on any atom is -0.508 e. The monoisotopic (exact) mass is 427 g/mol. The summed E-state index contributed by atoms with van der Waals surface area (Å²) in [6, 6.07) is 7.15. The quantitative estimate of drug-likeness (QED) is 0.473. The predicted molar refractivity (Wildman–Crippen MR) is 127 cm³/mol. The maximum absolute atomic E-state index is 11.1. The average molecular weight is 428 g/mol. The van der Waals surface area contributed by atoms with Crippen molar-refractivity contribution >= 4 is 0 Å². The number of aromatic nitrogens is 1. The highest BCUT2D eigenvalue weighted by atomic mass is 16.3. The fourth-order valence-electron chi connectivity index (χ4n) is 5.46. The Kier molecular flexibility index (Phi) is 5.09. The molecule has 0 fully saturated rings. The Balaban J connectivity index is 1.41. The topological polar surface area (TPSA) is 65.6 Å². The van der Waals surface area contributed by atoms with E-state index in [0.29, 0.717) is 6.42 Å². The predicted octanol–water partition coefficient (Wildman–Crippen LogP) is 6.31. The van der Waals surface area contributed by atoms with E-state index in [-0.39, 0.29) is 35.4 Å². The Morgan fingerprint density at radius 2 is 1.72 bits per heavy atom. The smallest absolute Gasteiger partial charge is 0.198 e. The third kappa shape index (κ3) is 3.31. The van der Waals surface area contributed by atoms with Crippen LogP contribution in [0.1, 0.15) is 60.8 Å². The summed E-state index contributed by atoms with van der Waals surface area (Å²) >= 11 is 0. The van der Waals surface area contributed by atoms with E-state index in [9.17, 15) is 15.3 Å². The summed E-state index contributed by atoms with van der Waals surface area (Å²) < 4.78 is 1.70. The largest absolute Gasteiger partial charge is 0.508 e. The second kappa shape index (κ2) is 7.94. The molecule has 4 heteroatoms. The van der Waals surface area contributed by atoms with Crippen molar-refractivity contribution in [2.45, 2.75) is 50.5 Å². The molecule has 1 aromatic carbocycles. The molecule has 0 amide bonds. The van der Waals surface area contributed by atoms with Crippen molar-refractivity contribution in [3.8, 4) is 17.5 Å². The molecule has 164 valence electrons. The van der Waals surface area contributed by atoms with Gasteiger partial charge in [0.05, 0.1) is 6.04 Å². The van der Waals surface area contributed by atoms with Gasteiger partial charge >= 0.3 is 0 Å². The molecule has 2 aromatic rings. The first-order chi connectivity index (χ1) is 15.5.